The number of ether oxygens (including phenoxy) is 2. The molecule has 0 aliphatic rings. The molecule has 0 heterocycles. The number of benzene rings is 1. The first kappa shape index (κ1) is 15.6. The van der Waals surface area contributed by atoms with Gasteiger partial charge in [0, 0.05) is 12.1 Å². The lowest BCUT2D eigenvalue weighted by Crippen LogP contribution is -2.24. The third kappa shape index (κ3) is 4.28. The van der Waals surface area contributed by atoms with Crippen LogP contribution in [0.25, 0.3) is 0 Å². The van der Waals surface area contributed by atoms with Crippen molar-refractivity contribution in [3.05, 3.63) is 34.3 Å². The van der Waals surface area contributed by atoms with Gasteiger partial charge in [-0.2, -0.15) is 0 Å². The normalized spacial score (nSPS) is 10.5. The SMILES string of the molecule is C/C=C/CCNC(=O)c1cc(OC)c(Br)c(OC)c1. The van der Waals surface area contributed by atoms with Gasteiger partial charge in [0.2, 0.25) is 0 Å². The fourth-order valence-electron chi connectivity index (χ4n) is 1.54. The van der Waals surface area contributed by atoms with E-state index in [-0.39, 0.29) is 5.91 Å². The standard InChI is InChI=1S/C14H18BrNO3/c1-4-5-6-7-16-14(17)10-8-11(18-2)13(15)12(9-10)19-3/h4-5,8-9H,6-7H2,1-3H3,(H,16,17)/b5-4+. The highest BCUT2D eigenvalue weighted by atomic mass is 79.9. The number of amides is 1. The van der Waals surface area contributed by atoms with Crippen LogP contribution >= 0.6 is 15.9 Å². The maximum absolute atomic E-state index is 12.0. The summed E-state index contributed by atoms with van der Waals surface area (Å²) in [6, 6.07) is 3.36. The summed E-state index contributed by atoms with van der Waals surface area (Å²) in [6.45, 7) is 2.55. The van der Waals surface area contributed by atoms with Crippen LogP contribution in [-0.4, -0.2) is 26.7 Å². The number of halogens is 1. The van der Waals surface area contributed by atoms with E-state index in [9.17, 15) is 4.79 Å². The summed E-state index contributed by atoms with van der Waals surface area (Å²) < 4.78 is 11.1. The first-order chi connectivity index (χ1) is 9.13. The molecule has 0 aliphatic carbocycles. The van der Waals surface area contributed by atoms with Crippen molar-refractivity contribution in [1.82, 2.24) is 5.32 Å². The molecule has 1 N–H and O–H groups in total. The molecule has 1 aromatic rings. The van der Waals surface area contributed by atoms with Crippen LogP contribution in [0.5, 0.6) is 11.5 Å². The van der Waals surface area contributed by atoms with Crippen LogP contribution in [-0.2, 0) is 0 Å². The zero-order valence-electron chi connectivity index (χ0n) is 11.3. The summed E-state index contributed by atoms with van der Waals surface area (Å²) in [5.74, 6) is 0.990. The van der Waals surface area contributed by atoms with Crippen molar-refractivity contribution in [1.29, 1.82) is 0 Å². The minimum Gasteiger partial charge on any atom is -0.495 e. The van der Waals surface area contributed by atoms with Crippen LogP contribution in [0.1, 0.15) is 23.7 Å². The third-order valence-electron chi connectivity index (χ3n) is 2.54. The molecule has 1 amide bonds. The molecule has 0 fully saturated rings. The molecule has 0 spiro atoms. The Hall–Kier alpha value is -1.49. The number of allylic oxidation sites excluding steroid dienone is 1. The number of rotatable bonds is 6. The van der Waals surface area contributed by atoms with E-state index in [2.05, 4.69) is 21.2 Å². The van der Waals surface area contributed by atoms with E-state index < -0.39 is 0 Å². The van der Waals surface area contributed by atoms with E-state index in [1.165, 1.54) is 0 Å². The van der Waals surface area contributed by atoms with Crippen LogP contribution in [0.3, 0.4) is 0 Å². The average molecular weight is 328 g/mol. The Labute approximate surface area is 121 Å². The lowest BCUT2D eigenvalue weighted by Gasteiger charge is -2.11. The molecule has 0 bridgehead atoms. The van der Waals surface area contributed by atoms with Crippen LogP contribution in [0.4, 0.5) is 0 Å². The molecule has 19 heavy (non-hydrogen) atoms. The summed E-state index contributed by atoms with van der Waals surface area (Å²) in [6.07, 6.45) is 4.77. The van der Waals surface area contributed by atoms with E-state index in [0.717, 1.165) is 6.42 Å². The Morgan fingerprint density at radius 3 is 2.37 bits per heavy atom. The Bertz CT molecular complexity index is 447. The lowest BCUT2D eigenvalue weighted by molar-refractivity contribution is 0.0953. The molecule has 4 nitrogen and oxygen atoms in total. The van der Waals surface area contributed by atoms with Gasteiger partial charge < -0.3 is 14.8 Å². The number of carbonyl (C=O) groups is 1. The van der Waals surface area contributed by atoms with E-state index in [4.69, 9.17) is 9.47 Å². The summed E-state index contributed by atoms with van der Waals surface area (Å²) in [4.78, 5) is 12.0. The molecule has 0 atom stereocenters. The number of hydrogen-bond acceptors (Lipinski definition) is 3. The largest absolute Gasteiger partial charge is 0.495 e. The van der Waals surface area contributed by atoms with Gasteiger partial charge in [-0.05, 0) is 41.4 Å². The van der Waals surface area contributed by atoms with E-state index in [1.54, 1.807) is 26.4 Å². The fraction of sp³-hybridized carbons (Fsp3) is 0.357. The van der Waals surface area contributed by atoms with Crippen molar-refractivity contribution in [2.45, 2.75) is 13.3 Å². The maximum Gasteiger partial charge on any atom is 0.251 e. The van der Waals surface area contributed by atoms with Gasteiger partial charge in [-0.1, -0.05) is 12.2 Å². The Balaban J connectivity index is 2.84. The van der Waals surface area contributed by atoms with Gasteiger partial charge in [0.15, 0.2) is 0 Å². The van der Waals surface area contributed by atoms with Gasteiger partial charge in [-0.15, -0.1) is 0 Å². The van der Waals surface area contributed by atoms with Crippen molar-refractivity contribution in [3.63, 3.8) is 0 Å². The van der Waals surface area contributed by atoms with Gasteiger partial charge in [-0.25, -0.2) is 0 Å². The number of carbonyl (C=O) groups excluding carboxylic acids is 1. The molecule has 5 heteroatoms. The van der Waals surface area contributed by atoms with Gasteiger partial charge in [0.1, 0.15) is 16.0 Å². The summed E-state index contributed by atoms with van der Waals surface area (Å²) >= 11 is 3.37. The molecule has 104 valence electrons. The lowest BCUT2D eigenvalue weighted by atomic mass is 10.2. The van der Waals surface area contributed by atoms with E-state index in [1.807, 2.05) is 19.1 Å². The van der Waals surface area contributed by atoms with Gasteiger partial charge in [-0.3, -0.25) is 4.79 Å². The highest BCUT2D eigenvalue weighted by molar-refractivity contribution is 9.10. The second-order valence-electron chi connectivity index (χ2n) is 3.81. The molecule has 1 aromatic carbocycles. The number of nitrogens with one attached hydrogen (secondary N) is 1. The van der Waals surface area contributed by atoms with E-state index >= 15 is 0 Å². The van der Waals surface area contributed by atoms with Crippen molar-refractivity contribution in [2.24, 2.45) is 0 Å². The smallest absolute Gasteiger partial charge is 0.251 e. The number of methoxy groups -OCH3 is 2. The molecule has 0 unspecified atom stereocenters. The minimum atomic E-state index is -0.145. The van der Waals surface area contributed by atoms with Gasteiger partial charge in [0.05, 0.1) is 14.2 Å². The number of hydrogen-bond donors (Lipinski definition) is 1. The zero-order chi connectivity index (χ0) is 14.3. The van der Waals surface area contributed by atoms with Crippen LogP contribution in [0.2, 0.25) is 0 Å². The van der Waals surface area contributed by atoms with Crippen LogP contribution in [0, 0.1) is 0 Å². The molecular weight excluding hydrogens is 310 g/mol. The van der Waals surface area contributed by atoms with Crippen molar-refractivity contribution < 1.29 is 14.3 Å². The zero-order valence-corrected chi connectivity index (χ0v) is 12.9. The Morgan fingerprint density at radius 2 is 1.89 bits per heavy atom. The maximum atomic E-state index is 12.0. The monoisotopic (exact) mass is 327 g/mol. The van der Waals surface area contributed by atoms with Crippen molar-refractivity contribution in [3.8, 4) is 11.5 Å². The van der Waals surface area contributed by atoms with Gasteiger partial charge in [0.25, 0.3) is 5.91 Å². The van der Waals surface area contributed by atoms with Crippen molar-refractivity contribution in [2.75, 3.05) is 20.8 Å². The minimum absolute atomic E-state index is 0.145. The van der Waals surface area contributed by atoms with E-state index in [0.29, 0.717) is 28.1 Å². The predicted octanol–water partition coefficient (Wildman–Crippen LogP) is 3.16. The summed E-state index contributed by atoms with van der Waals surface area (Å²) in [7, 11) is 3.10. The molecular formula is C14H18BrNO3. The second-order valence-corrected chi connectivity index (χ2v) is 4.60. The topological polar surface area (TPSA) is 47.6 Å². The summed E-state index contributed by atoms with van der Waals surface area (Å²) in [5, 5.41) is 2.84. The molecule has 0 aliphatic heterocycles. The second kappa shape index (κ2) is 7.84. The van der Waals surface area contributed by atoms with Crippen LogP contribution < -0.4 is 14.8 Å². The van der Waals surface area contributed by atoms with Crippen LogP contribution in [0.15, 0.2) is 28.8 Å². The summed E-state index contributed by atoms with van der Waals surface area (Å²) in [5.41, 5.74) is 0.511. The quantitative estimate of drug-likeness (QED) is 0.645. The molecule has 0 saturated heterocycles. The highest BCUT2D eigenvalue weighted by Crippen LogP contribution is 2.35. The predicted molar refractivity (Wildman–Crippen MR) is 79.0 cm³/mol. The molecule has 0 radical (unpaired) electrons. The van der Waals surface area contributed by atoms with Gasteiger partial charge >= 0.3 is 0 Å². The molecule has 0 saturated carbocycles. The fourth-order valence-corrected chi connectivity index (χ4v) is 2.09. The third-order valence-corrected chi connectivity index (χ3v) is 3.32. The average Bonchev–Trinajstić information content (AvgIpc) is 2.43. The molecule has 0 aromatic heterocycles. The first-order valence-corrected chi connectivity index (χ1v) is 6.74. The Morgan fingerprint density at radius 1 is 1.32 bits per heavy atom. The first-order valence-electron chi connectivity index (χ1n) is 5.95. The highest BCUT2D eigenvalue weighted by Gasteiger charge is 2.14. The molecule has 1 rings (SSSR count). The van der Waals surface area contributed by atoms with Crippen molar-refractivity contribution >= 4 is 21.8 Å². The Kier molecular flexibility index (Phi) is 6.42.